The molecule has 0 bridgehead atoms. The van der Waals surface area contributed by atoms with E-state index in [9.17, 15) is 8.42 Å². The zero-order chi connectivity index (χ0) is 13.1. The second kappa shape index (κ2) is 5.65. The van der Waals surface area contributed by atoms with Crippen LogP contribution in [0.25, 0.3) is 0 Å². The number of hydrogen-bond acceptors (Lipinski definition) is 2. The van der Waals surface area contributed by atoms with E-state index in [0.717, 1.165) is 12.0 Å². The van der Waals surface area contributed by atoms with Gasteiger partial charge in [-0.1, -0.05) is 37.6 Å². The van der Waals surface area contributed by atoms with Crippen LogP contribution >= 0.6 is 0 Å². The molecule has 0 amide bonds. The van der Waals surface area contributed by atoms with Gasteiger partial charge in [-0.05, 0) is 24.5 Å². The first kappa shape index (κ1) is 14.2. The van der Waals surface area contributed by atoms with Crippen LogP contribution in [0.2, 0.25) is 0 Å². The van der Waals surface area contributed by atoms with Crippen molar-refractivity contribution in [2.24, 2.45) is 0 Å². The highest BCUT2D eigenvalue weighted by atomic mass is 32.2. The van der Waals surface area contributed by atoms with Crippen LogP contribution < -0.4 is 0 Å². The highest BCUT2D eigenvalue weighted by Crippen LogP contribution is 2.21. The van der Waals surface area contributed by atoms with Gasteiger partial charge in [0.1, 0.15) is 0 Å². The molecule has 0 saturated carbocycles. The van der Waals surface area contributed by atoms with Gasteiger partial charge in [-0.3, -0.25) is 0 Å². The quantitative estimate of drug-likeness (QED) is 0.772. The Kier molecular flexibility index (Phi) is 4.71. The van der Waals surface area contributed by atoms with Gasteiger partial charge >= 0.3 is 0 Å². The number of sulfonamides is 1. The third-order valence-corrected chi connectivity index (χ3v) is 4.06. The molecule has 0 atom stereocenters. The zero-order valence-corrected chi connectivity index (χ0v) is 11.8. The summed E-state index contributed by atoms with van der Waals surface area (Å²) >= 11 is 0. The number of nitrogens with zero attached hydrogens (tertiary/aromatic N) is 1. The predicted molar refractivity (Wildman–Crippen MR) is 71.5 cm³/mol. The molecular weight excluding hydrogens is 234 g/mol. The molecule has 96 valence electrons. The molecule has 0 radical (unpaired) electrons. The minimum absolute atomic E-state index is 0.524. The Hall–Kier alpha value is -0.870. The second-order valence-electron chi connectivity index (χ2n) is 4.12. The number of fused-ring (bicyclic) bond motifs is 1. The fourth-order valence-electron chi connectivity index (χ4n) is 1.94. The molecule has 0 aromatic heterocycles. The lowest BCUT2D eigenvalue weighted by Gasteiger charge is -2.26. The third-order valence-electron chi connectivity index (χ3n) is 2.81. The topological polar surface area (TPSA) is 37.4 Å². The van der Waals surface area contributed by atoms with Gasteiger partial charge in [0, 0.05) is 13.1 Å². The van der Waals surface area contributed by atoms with Gasteiger partial charge in [-0.25, -0.2) is 8.42 Å². The van der Waals surface area contributed by atoms with Crippen molar-refractivity contribution in [3.8, 4) is 0 Å². The molecule has 1 aromatic carbocycles. The summed E-state index contributed by atoms with van der Waals surface area (Å²) in [6, 6.07) is 6.26. The van der Waals surface area contributed by atoms with E-state index in [0.29, 0.717) is 13.1 Å². The zero-order valence-electron chi connectivity index (χ0n) is 11.0. The van der Waals surface area contributed by atoms with Crippen molar-refractivity contribution in [3.05, 3.63) is 34.9 Å². The molecule has 0 aliphatic carbocycles. The lowest BCUT2D eigenvalue weighted by Crippen LogP contribution is -2.35. The second-order valence-corrected chi connectivity index (χ2v) is 6.10. The van der Waals surface area contributed by atoms with E-state index in [1.165, 1.54) is 21.7 Å². The Bertz CT molecular complexity index is 480. The van der Waals surface area contributed by atoms with Crippen molar-refractivity contribution < 1.29 is 8.42 Å². The van der Waals surface area contributed by atoms with E-state index in [4.69, 9.17) is 0 Å². The molecule has 1 aliphatic heterocycles. The number of rotatable bonds is 1. The molecule has 0 N–H and O–H groups in total. The minimum atomic E-state index is -3.05. The van der Waals surface area contributed by atoms with E-state index in [2.05, 4.69) is 18.2 Å². The molecule has 1 aliphatic rings. The van der Waals surface area contributed by atoms with Crippen LogP contribution in [0.5, 0.6) is 0 Å². The molecule has 0 unspecified atom stereocenters. The summed E-state index contributed by atoms with van der Waals surface area (Å²) in [5.74, 6) is 0. The summed E-state index contributed by atoms with van der Waals surface area (Å²) in [4.78, 5) is 0. The molecule has 0 fully saturated rings. The highest BCUT2D eigenvalue weighted by Gasteiger charge is 2.22. The summed E-state index contributed by atoms with van der Waals surface area (Å²) in [6.07, 6.45) is 2.09. The standard InChI is InChI=1S/C11H15NO2S.C2H6/c1-9-3-4-10-5-6-12(15(2,13)14)8-11(10)7-9;1-2/h3-4,7H,5-6,8H2,1-2H3;1-2H3. The van der Waals surface area contributed by atoms with Crippen molar-refractivity contribution in [1.82, 2.24) is 4.31 Å². The van der Waals surface area contributed by atoms with Crippen LogP contribution in [0.1, 0.15) is 30.5 Å². The fraction of sp³-hybridized carbons (Fsp3) is 0.538. The molecule has 0 spiro atoms. The first-order valence-electron chi connectivity index (χ1n) is 6.00. The third kappa shape index (κ3) is 3.54. The van der Waals surface area contributed by atoms with E-state index in [1.54, 1.807) is 0 Å². The van der Waals surface area contributed by atoms with Gasteiger partial charge in [0.05, 0.1) is 6.26 Å². The number of aryl methyl sites for hydroxylation is 1. The maximum Gasteiger partial charge on any atom is 0.211 e. The van der Waals surface area contributed by atoms with Gasteiger partial charge in [0.15, 0.2) is 0 Å². The van der Waals surface area contributed by atoms with Gasteiger partial charge in [-0.15, -0.1) is 0 Å². The Labute approximate surface area is 105 Å². The Morgan fingerprint density at radius 2 is 1.82 bits per heavy atom. The molecule has 1 heterocycles. The van der Waals surface area contributed by atoms with Crippen LogP contribution in [0.3, 0.4) is 0 Å². The van der Waals surface area contributed by atoms with Gasteiger partial charge < -0.3 is 0 Å². The largest absolute Gasteiger partial charge is 0.212 e. The van der Waals surface area contributed by atoms with E-state index in [-0.39, 0.29) is 0 Å². The number of hydrogen-bond donors (Lipinski definition) is 0. The predicted octanol–water partition coefficient (Wildman–Crippen LogP) is 2.34. The van der Waals surface area contributed by atoms with Crippen LogP contribution in [-0.2, 0) is 23.0 Å². The Morgan fingerprint density at radius 1 is 1.18 bits per heavy atom. The molecule has 4 heteroatoms. The summed E-state index contributed by atoms with van der Waals surface area (Å²) < 4.78 is 24.4. The summed E-state index contributed by atoms with van der Waals surface area (Å²) in [6.45, 7) is 7.16. The average molecular weight is 255 g/mol. The maximum atomic E-state index is 11.4. The molecular formula is C13H21NO2S. The van der Waals surface area contributed by atoms with Crippen molar-refractivity contribution in [2.75, 3.05) is 12.8 Å². The number of benzene rings is 1. The van der Waals surface area contributed by atoms with E-state index in [1.807, 2.05) is 20.8 Å². The average Bonchev–Trinajstić information content (AvgIpc) is 2.29. The van der Waals surface area contributed by atoms with Gasteiger partial charge in [0.25, 0.3) is 0 Å². The summed E-state index contributed by atoms with van der Waals surface area (Å²) in [5.41, 5.74) is 3.61. The van der Waals surface area contributed by atoms with E-state index >= 15 is 0 Å². The fourth-order valence-corrected chi connectivity index (χ4v) is 2.74. The normalized spacial score (nSPS) is 15.8. The SMILES string of the molecule is CC.Cc1ccc2c(c1)CN(S(C)(=O)=O)CC2. The van der Waals surface area contributed by atoms with Crippen LogP contribution in [0, 0.1) is 6.92 Å². The van der Waals surface area contributed by atoms with Crippen molar-refractivity contribution >= 4 is 10.0 Å². The van der Waals surface area contributed by atoms with Crippen molar-refractivity contribution in [2.45, 2.75) is 33.7 Å². The molecule has 3 nitrogen and oxygen atoms in total. The lowest BCUT2D eigenvalue weighted by atomic mass is 9.99. The highest BCUT2D eigenvalue weighted by molar-refractivity contribution is 7.88. The lowest BCUT2D eigenvalue weighted by molar-refractivity contribution is 0.395. The molecule has 0 saturated heterocycles. The minimum Gasteiger partial charge on any atom is -0.212 e. The first-order valence-corrected chi connectivity index (χ1v) is 7.85. The molecule has 2 rings (SSSR count). The van der Waals surface area contributed by atoms with Crippen LogP contribution in [-0.4, -0.2) is 25.5 Å². The summed E-state index contributed by atoms with van der Waals surface area (Å²) in [5, 5.41) is 0. The van der Waals surface area contributed by atoms with E-state index < -0.39 is 10.0 Å². The Morgan fingerprint density at radius 3 is 2.41 bits per heavy atom. The van der Waals surface area contributed by atoms with Crippen molar-refractivity contribution in [1.29, 1.82) is 0 Å². The van der Waals surface area contributed by atoms with Gasteiger partial charge in [0.2, 0.25) is 10.0 Å². The van der Waals surface area contributed by atoms with Crippen LogP contribution in [0.4, 0.5) is 0 Å². The maximum absolute atomic E-state index is 11.4. The Balaban J connectivity index is 0.000000686. The first-order chi connectivity index (χ1) is 7.97. The molecule has 1 aromatic rings. The monoisotopic (exact) mass is 255 g/mol. The molecule has 17 heavy (non-hydrogen) atoms. The van der Waals surface area contributed by atoms with Crippen LogP contribution in [0.15, 0.2) is 18.2 Å². The summed E-state index contributed by atoms with van der Waals surface area (Å²) in [7, 11) is -3.05. The smallest absolute Gasteiger partial charge is 0.211 e. The van der Waals surface area contributed by atoms with Gasteiger partial charge in [-0.2, -0.15) is 4.31 Å². The van der Waals surface area contributed by atoms with Crippen molar-refractivity contribution in [3.63, 3.8) is 0 Å².